The number of nitrogens with zero attached hydrogens (tertiary/aromatic N) is 1. The number of hydrogen-bond acceptors (Lipinski definition) is 4. The standard InChI is InChI=1S/C12H18N2S2/c1-3-9-8-13-12(16-9)14-10(4-2)11-6-5-7-15-11/h5-7,9-10H,3-4,8H2,1-2H3,(H,13,14). The van der Waals surface area contributed by atoms with Crippen molar-refractivity contribution in [2.45, 2.75) is 38.0 Å². The van der Waals surface area contributed by atoms with Gasteiger partial charge in [0.2, 0.25) is 0 Å². The largest absolute Gasteiger partial charge is 0.357 e. The third-order valence-corrected chi connectivity index (χ3v) is 5.04. The van der Waals surface area contributed by atoms with Gasteiger partial charge in [-0.05, 0) is 24.3 Å². The van der Waals surface area contributed by atoms with Gasteiger partial charge in [-0.3, -0.25) is 4.99 Å². The molecule has 0 bridgehead atoms. The topological polar surface area (TPSA) is 24.4 Å². The minimum absolute atomic E-state index is 0.432. The molecule has 0 aromatic carbocycles. The van der Waals surface area contributed by atoms with E-state index in [-0.39, 0.29) is 0 Å². The Labute approximate surface area is 106 Å². The van der Waals surface area contributed by atoms with Crippen LogP contribution < -0.4 is 5.32 Å². The van der Waals surface area contributed by atoms with E-state index in [9.17, 15) is 0 Å². The van der Waals surface area contributed by atoms with Gasteiger partial charge < -0.3 is 5.32 Å². The third kappa shape index (κ3) is 2.80. The molecule has 0 radical (unpaired) electrons. The molecule has 0 saturated carbocycles. The van der Waals surface area contributed by atoms with Crippen molar-refractivity contribution in [3.05, 3.63) is 22.4 Å². The average molecular weight is 254 g/mol. The lowest BCUT2D eigenvalue weighted by atomic mass is 10.2. The zero-order valence-corrected chi connectivity index (χ0v) is 11.4. The van der Waals surface area contributed by atoms with Gasteiger partial charge >= 0.3 is 0 Å². The monoisotopic (exact) mass is 254 g/mol. The zero-order chi connectivity index (χ0) is 11.4. The van der Waals surface area contributed by atoms with Gasteiger partial charge in [0.15, 0.2) is 5.17 Å². The highest BCUT2D eigenvalue weighted by molar-refractivity contribution is 8.14. The number of amidine groups is 1. The molecule has 2 nitrogen and oxygen atoms in total. The van der Waals surface area contributed by atoms with Crippen LogP contribution >= 0.6 is 23.1 Å². The van der Waals surface area contributed by atoms with Crippen molar-refractivity contribution in [3.8, 4) is 0 Å². The van der Waals surface area contributed by atoms with E-state index in [2.05, 4.69) is 41.7 Å². The van der Waals surface area contributed by atoms with Crippen molar-refractivity contribution in [1.29, 1.82) is 0 Å². The molecule has 1 aliphatic rings. The molecule has 2 unspecified atom stereocenters. The predicted octanol–water partition coefficient (Wildman–Crippen LogP) is 3.67. The van der Waals surface area contributed by atoms with E-state index in [1.807, 2.05) is 23.1 Å². The minimum Gasteiger partial charge on any atom is -0.357 e. The van der Waals surface area contributed by atoms with Crippen molar-refractivity contribution >= 4 is 28.3 Å². The molecule has 2 atom stereocenters. The second-order valence-electron chi connectivity index (χ2n) is 3.91. The number of thiophene rings is 1. The van der Waals surface area contributed by atoms with E-state index in [1.54, 1.807) is 0 Å². The maximum atomic E-state index is 4.56. The van der Waals surface area contributed by atoms with Crippen molar-refractivity contribution < 1.29 is 0 Å². The van der Waals surface area contributed by atoms with Crippen molar-refractivity contribution in [2.75, 3.05) is 6.54 Å². The third-order valence-electron chi connectivity index (χ3n) is 2.76. The average Bonchev–Trinajstić information content (AvgIpc) is 2.96. The van der Waals surface area contributed by atoms with Gasteiger partial charge in [-0.2, -0.15) is 0 Å². The molecule has 16 heavy (non-hydrogen) atoms. The molecule has 88 valence electrons. The molecular weight excluding hydrogens is 236 g/mol. The first-order valence-corrected chi connectivity index (χ1v) is 7.60. The van der Waals surface area contributed by atoms with Crippen molar-refractivity contribution in [2.24, 2.45) is 4.99 Å². The molecule has 0 amide bonds. The van der Waals surface area contributed by atoms with Crippen LogP contribution in [0.25, 0.3) is 0 Å². The molecule has 1 aliphatic heterocycles. The Morgan fingerprint density at radius 1 is 1.56 bits per heavy atom. The minimum atomic E-state index is 0.432. The summed E-state index contributed by atoms with van der Waals surface area (Å²) < 4.78 is 0. The number of nitrogens with one attached hydrogen (secondary N) is 1. The number of aliphatic imine (C=N–C) groups is 1. The molecule has 4 heteroatoms. The molecule has 2 heterocycles. The molecule has 0 aliphatic carbocycles. The van der Waals surface area contributed by atoms with E-state index in [0.717, 1.165) is 18.1 Å². The smallest absolute Gasteiger partial charge is 0.157 e. The fraction of sp³-hybridized carbons (Fsp3) is 0.583. The highest BCUT2D eigenvalue weighted by Gasteiger charge is 2.20. The van der Waals surface area contributed by atoms with Crippen LogP contribution in [0.3, 0.4) is 0 Å². The summed E-state index contributed by atoms with van der Waals surface area (Å²) in [6.07, 6.45) is 2.31. The fourth-order valence-corrected chi connectivity index (χ4v) is 3.57. The first kappa shape index (κ1) is 12.0. The highest BCUT2D eigenvalue weighted by atomic mass is 32.2. The summed E-state index contributed by atoms with van der Waals surface area (Å²) in [4.78, 5) is 5.97. The van der Waals surface area contributed by atoms with Gasteiger partial charge in [0, 0.05) is 10.1 Å². The van der Waals surface area contributed by atoms with Crippen LogP contribution in [0.2, 0.25) is 0 Å². The van der Waals surface area contributed by atoms with Gasteiger partial charge in [-0.25, -0.2) is 0 Å². The Bertz CT molecular complexity index is 346. The first-order valence-electron chi connectivity index (χ1n) is 5.84. The van der Waals surface area contributed by atoms with Gasteiger partial charge in [-0.15, -0.1) is 11.3 Å². The quantitative estimate of drug-likeness (QED) is 0.886. The molecule has 1 aromatic rings. The van der Waals surface area contributed by atoms with E-state index in [1.165, 1.54) is 11.3 Å². The van der Waals surface area contributed by atoms with Crippen LogP contribution in [-0.2, 0) is 0 Å². The Hall–Kier alpha value is -0.480. The summed E-state index contributed by atoms with van der Waals surface area (Å²) in [6, 6.07) is 4.74. The summed E-state index contributed by atoms with van der Waals surface area (Å²) >= 11 is 3.71. The van der Waals surface area contributed by atoms with Crippen LogP contribution in [-0.4, -0.2) is 17.0 Å². The first-order chi connectivity index (χ1) is 7.83. The van der Waals surface area contributed by atoms with E-state index >= 15 is 0 Å². The normalized spacial score (nSPS) is 21.9. The van der Waals surface area contributed by atoms with E-state index in [0.29, 0.717) is 11.3 Å². The van der Waals surface area contributed by atoms with E-state index < -0.39 is 0 Å². The molecule has 1 N–H and O–H groups in total. The Kier molecular flexibility index (Phi) is 4.29. The number of rotatable bonds is 4. The van der Waals surface area contributed by atoms with Crippen LogP contribution in [0.5, 0.6) is 0 Å². The molecule has 0 saturated heterocycles. The SMILES string of the molecule is CCC1CN=C(NC(CC)c2cccs2)S1. The maximum Gasteiger partial charge on any atom is 0.157 e. The molecule has 0 fully saturated rings. The number of hydrogen-bond donors (Lipinski definition) is 1. The van der Waals surface area contributed by atoms with Crippen molar-refractivity contribution in [1.82, 2.24) is 5.32 Å². The second-order valence-corrected chi connectivity index (χ2v) is 6.18. The maximum absolute atomic E-state index is 4.56. The van der Waals surface area contributed by atoms with Gasteiger partial charge in [-0.1, -0.05) is 31.7 Å². The fourth-order valence-electron chi connectivity index (χ4n) is 1.72. The molecule has 1 aromatic heterocycles. The summed E-state index contributed by atoms with van der Waals surface area (Å²) in [5, 5.41) is 7.51. The highest BCUT2D eigenvalue weighted by Crippen LogP contribution is 2.27. The second kappa shape index (κ2) is 5.73. The van der Waals surface area contributed by atoms with Gasteiger partial charge in [0.25, 0.3) is 0 Å². The van der Waals surface area contributed by atoms with Gasteiger partial charge in [0.1, 0.15) is 0 Å². The van der Waals surface area contributed by atoms with E-state index in [4.69, 9.17) is 0 Å². The van der Waals surface area contributed by atoms with Crippen LogP contribution in [0.4, 0.5) is 0 Å². The molecular formula is C12H18N2S2. The van der Waals surface area contributed by atoms with Crippen LogP contribution in [0.15, 0.2) is 22.5 Å². The Morgan fingerprint density at radius 3 is 3.00 bits per heavy atom. The summed E-state index contributed by atoms with van der Waals surface area (Å²) in [7, 11) is 0. The summed E-state index contributed by atoms with van der Waals surface area (Å²) in [6.45, 7) is 5.42. The molecule has 0 spiro atoms. The lowest BCUT2D eigenvalue weighted by Crippen LogP contribution is -2.24. The number of thioether (sulfide) groups is 1. The molecule has 2 rings (SSSR count). The predicted molar refractivity (Wildman–Crippen MR) is 74.5 cm³/mol. The van der Waals surface area contributed by atoms with Gasteiger partial charge in [0.05, 0.1) is 12.6 Å². The van der Waals surface area contributed by atoms with Crippen LogP contribution in [0.1, 0.15) is 37.6 Å². The van der Waals surface area contributed by atoms with Crippen molar-refractivity contribution in [3.63, 3.8) is 0 Å². The Balaban J connectivity index is 1.93. The Morgan fingerprint density at radius 2 is 2.44 bits per heavy atom. The summed E-state index contributed by atoms with van der Waals surface area (Å²) in [5.74, 6) is 0. The summed E-state index contributed by atoms with van der Waals surface area (Å²) in [5.41, 5.74) is 0. The lowest BCUT2D eigenvalue weighted by Gasteiger charge is -2.16. The zero-order valence-electron chi connectivity index (χ0n) is 9.77. The lowest BCUT2D eigenvalue weighted by molar-refractivity contribution is 0.641. The van der Waals surface area contributed by atoms with Crippen LogP contribution in [0, 0.1) is 0 Å².